The molecule has 0 unspecified atom stereocenters. The van der Waals surface area contributed by atoms with E-state index in [-0.39, 0.29) is 5.91 Å². The van der Waals surface area contributed by atoms with Crippen molar-refractivity contribution >= 4 is 40.6 Å². The fraction of sp³-hybridized carbons (Fsp3) is 0.444. The molecule has 1 amide bonds. The Kier molecular flexibility index (Phi) is 5.45. The van der Waals surface area contributed by atoms with Gasteiger partial charge in [0.2, 0.25) is 0 Å². The predicted molar refractivity (Wildman–Crippen MR) is 65.3 cm³/mol. The van der Waals surface area contributed by atoms with Crippen molar-refractivity contribution in [1.82, 2.24) is 5.06 Å². The molecule has 0 saturated heterocycles. The van der Waals surface area contributed by atoms with Crippen LogP contribution in [0.2, 0.25) is 4.34 Å². The van der Waals surface area contributed by atoms with Crippen LogP contribution in [0.25, 0.3) is 0 Å². The van der Waals surface area contributed by atoms with Crippen molar-refractivity contribution in [3.05, 3.63) is 21.3 Å². The summed E-state index contributed by atoms with van der Waals surface area (Å²) in [5.74, 6) is 1.19. The van der Waals surface area contributed by atoms with Gasteiger partial charge in [-0.2, -0.15) is 0 Å². The molecular formula is C9H12ClNO2S2. The van der Waals surface area contributed by atoms with Crippen molar-refractivity contribution in [3.63, 3.8) is 0 Å². The molecular weight excluding hydrogens is 254 g/mol. The molecule has 0 aliphatic heterocycles. The molecule has 0 fully saturated rings. The monoisotopic (exact) mass is 265 g/mol. The maximum absolute atomic E-state index is 11.3. The standard InChI is InChI=1S/C9H12ClNO2S2/c1-11(13-2)9(12)6-14-5-7-3-4-8(10)15-7/h3-4H,5-6H2,1-2H3. The van der Waals surface area contributed by atoms with E-state index in [4.69, 9.17) is 16.4 Å². The average molecular weight is 266 g/mol. The maximum Gasteiger partial charge on any atom is 0.255 e. The lowest BCUT2D eigenvalue weighted by molar-refractivity contribution is -0.165. The number of amides is 1. The van der Waals surface area contributed by atoms with Gasteiger partial charge in [0.25, 0.3) is 5.91 Å². The van der Waals surface area contributed by atoms with E-state index in [0.29, 0.717) is 5.75 Å². The highest BCUT2D eigenvalue weighted by atomic mass is 35.5. The number of nitrogens with zero attached hydrogens (tertiary/aromatic N) is 1. The number of carbonyl (C=O) groups is 1. The number of hydrogen-bond donors (Lipinski definition) is 0. The van der Waals surface area contributed by atoms with Gasteiger partial charge in [-0.05, 0) is 12.1 Å². The molecule has 15 heavy (non-hydrogen) atoms. The van der Waals surface area contributed by atoms with Gasteiger partial charge in [0, 0.05) is 17.7 Å². The zero-order chi connectivity index (χ0) is 11.3. The van der Waals surface area contributed by atoms with Gasteiger partial charge in [0.05, 0.1) is 17.2 Å². The summed E-state index contributed by atoms with van der Waals surface area (Å²) < 4.78 is 0.783. The zero-order valence-electron chi connectivity index (χ0n) is 8.53. The second-order valence-electron chi connectivity index (χ2n) is 2.77. The normalized spacial score (nSPS) is 10.3. The van der Waals surface area contributed by atoms with Crippen LogP contribution in [0.3, 0.4) is 0 Å². The van der Waals surface area contributed by atoms with E-state index in [9.17, 15) is 4.79 Å². The Morgan fingerprint density at radius 2 is 2.40 bits per heavy atom. The minimum Gasteiger partial charge on any atom is -0.275 e. The summed E-state index contributed by atoms with van der Waals surface area (Å²) in [6.45, 7) is 0. The van der Waals surface area contributed by atoms with Crippen LogP contribution in [0, 0.1) is 0 Å². The van der Waals surface area contributed by atoms with Gasteiger partial charge in [-0.3, -0.25) is 9.63 Å². The largest absolute Gasteiger partial charge is 0.275 e. The summed E-state index contributed by atoms with van der Waals surface area (Å²) in [5.41, 5.74) is 0. The van der Waals surface area contributed by atoms with E-state index in [1.165, 1.54) is 17.1 Å². The molecule has 0 atom stereocenters. The molecule has 0 bridgehead atoms. The average Bonchev–Trinajstić information content (AvgIpc) is 2.63. The number of hydroxylamine groups is 2. The molecule has 0 aromatic carbocycles. The Labute approximate surface area is 102 Å². The number of thioether (sulfide) groups is 1. The third-order valence-corrected chi connectivity index (χ3v) is 4.10. The summed E-state index contributed by atoms with van der Waals surface area (Å²) in [5, 5.41) is 1.23. The lowest BCUT2D eigenvalue weighted by Crippen LogP contribution is -2.26. The van der Waals surface area contributed by atoms with Crippen LogP contribution < -0.4 is 0 Å². The highest BCUT2D eigenvalue weighted by molar-refractivity contribution is 7.99. The van der Waals surface area contributed by atoms with Crippen molar-refractivity contribution < 1.29 is 9.63 Å². The Bertz CT molecular complexity index is 330. The molecule has 0 saturated carbocycles. The minimum absolute atomic E-state index is 0.0369. The fourth-order valence-corrected chi connectivity index (χ4v) is 2.99. The van der Waals surface area contributed by atoms with E-state index in [2.05, 4.69) is 0 Å². The van der Waals surface area contributed by atoms with Gasteiger partial charge >= 0.3 is 0 Å². The molecule has 6 heteroatoms. The predicted octanol–water partition coefficient (Wildman–Crippen LogP) is 2.65. The second-order valence-corrected chi connectivity index (χ2v) is 5.56. The molecule has 1 heterocycles. The lowest BCUT2D eigenvalue weighted by atomic mass is 10.5. The van der Waals surface area contributed by atoms with E-state index in [0.717, 1.165) is 10.1 Å². The van der Waals surface area contributed by atoms with Crippen LogP contribution in [0.4, 0.5) is 0 Å². The molecule has 1 rings (SSSR count). The second kappa shape index (κ2) is 6.37. The molecule has 84 valence electrons. The SMILES string of the molecule is CON(C)C(=O)CSCc1ccc(Cl)s1. The van der Waals surface area contributed by atoms with E-state index >= 15 is 0 Å². The number of thiophene rings is 1. The van der Waals surface area contributed by atoms with E-state index in [1.807, 2.05) is 12.1 Å². The Morgan fingerprint density at radius 1 is 1.67 bits per heavy atom. The summed E-state index contributed by atoms with van der Waals surface area (Å²) in [4.78, 5) is 17.3. The molecule has 0 N–H and O–H groups in total. The molecule has 0 aliphatic carbocycles. The van der Waals surface area contributed by atoms with E-state index < -0.39 is 0 Å². The first-order valence-electron chi connectivity index (χ1n) is 4.26. The van der Waals surface area contributed by atoms with Gasteiger partial charge < -0.3 is 0 Å². The van der Waals surface area contributed by atoms with Crippen LogP contribution in [0.5, 0.6) is 0 Å². The van der Waals surface area contributed by atoms with Crippen molar-refractivity contribution in [2.45, 2.75) is 5.75 Å². The first-order valence-corrected chi connectivity index (χ1v) is 6.61. The third-order valence-electron chi connectivity index (χ3n) is 1.72. The van der Waals surface area contributed by atoms with Crippen LogP contribution in [-0.2, 0) is 15.4 Å². The van der Waals surface area contributed by atoms with Gasteiger partial charge in [-0.15, -0.1) is 23.1 Å². The van der Waals surface area contributed by atoms with Crippen LogP contribution in [0.1, 0.15) is 4.88 Å². The van der Waals surface area contributed by atoms with Gasteiger partial charge in [-0.25, -0.2) is 5.06 Å². The van der Waals surface area contributed by atoms with Crippen molar-refractivity contribution in [2.75, 3.05) is 19.9 Å². The molecule has 0 aliphatic rings. The summed E-state index contributed by atoms with van der Waals surface area (Å²) >= 11 is 8.88. The highest BCUT2D eigenvalue weighted by Gasteiger charge is 2.07. The molecule has 0 radical (unpaired) electrons. The first-order chi connectivity index (χ1) is 7.13. The quantitative estimate of drug-likeness (QED) is 0.767. The molecule has 0 spiro atoms. The first kappa shape index (κ1) is 12.8. The molecule has 1 aromatic heterocycles. The highest BCUT2D eigenvalue weighted by Crippen LogP contribution is 2.25. The van der Waals surface area contributed by atoms with E-state index in [1.54, 1.807) is 30.1 Å². The smallest absolute Gasteiger partial charge is 0.255 e. The minimum atomic E-state index is -0.0369. The van der Waals surface area contributed by atoms with Gasteiger partial charge in [0.1, 0.15) is 0 Å². The van der Waals surface area contributed by atoms with Crippen molar-refractivity contribution in [1.29, 1.82) is 0 Å². The summed E-state index contributed by atoms with van der Waals surface area (Å²) in [6.07, 6.45) is 0. The molecule has 1 aromatic rings. The van der Waals surface area contributed by atoms with Crippen molar-refractivity contribution in [2.24, 2.45) is 0 Å². The van der Waals surface area contributed by atoms with Crippen LogP contribution in [-0.4, -0.2) is 30.9 Å². The zero-order valence-corrected chi connectivity index (χ0v) is 10.9. The lowest BCUT2D eigenvalue weighted by Gasteiger charge is -2.12. The number of hydrogen-bond acceptors (Lipinski definition) is 4. The van der Waals surface area contributed by atoms with Gasteiger partial charge in [-0.1, -0.05) is 11.6 Å². The van der Waals surface area contributed by atoms with Gasteiger partial charge in [0.15, 0.2) is 0 Å². The maximum atomic E-state index is 11.3. The third kappa shape index (κ3) is 4.42. The van der Waals surface area contributed by atoms with Crippen molar-refractivity contribution in [3.8, 4) is 0 Å². The van der Waals surface area contributed by atoms with Crippen LogP contribution >= 0.6 is 34.7 Å². The van der Waals surface area contributed by atoms with Crippen LogP contribution in [0.15, 0.2) is 12.1 Å². The summed E-state index contributed by atoms with van der Waals surface area (Å²) in [6, 6.07) is 3.84. The number of carbonyl (C=O) groups excluding carboxylic acids is 1. The Balaban J connectivity index is 2.24. The fourth-order valence-electron chi connectivity index (χ4n) is 0.861. The molecule has 3 nitrogen and oxygen atoms in total. The number of halogens is 1. The summed E-state index contributed by atoms with van der Waals surface area (Å²) in [7, 11) is 3.08. The Morgan fingerprint density at radius 3 is 2.93 bits per heavy atom. The topological polar surface area (TPSA) is 29.5 Å². The number of rotatable bonds is 5. The Hall–Kier alpha value is -0.230.